The summed E-state index contributed by atoms with van der Waals surface area (Å²) in [5, 5.41) is 10.9. The van der Waals surface area contributed by atoms with Gasteiger partial charge in [-0.3, -0.25) is 19.8 Å². The first-order valence-corrected chi connectivity index (χ1v) is 10.3. The van der Waals surface area contributed by atoms with Crippen molar-refractivity contribution in [3.05, 3.63) is 99.1 Å². The number of non-ortho nitro benzene ring substituents is 1. The van der Waals surface area contributed by atoms with Gasteiger partial charge < -0.3 is 9.05 Å². The molecule has 1 atom stereocenters. The Morgan fingerprint density at radius 3 is 2.10 bits per heavy atom. The lowest BCUT2D eigenvalue weighted by atomic mass is 10.0. The molecule has 3 aromatic rings. The molecule has 0 amide bonds. The van der Waals surface area contributed by atoms with Crippen molar-refractivity contribution in [1.82, 2.24) is 0 Å². The molecule has 0 saturated heterocycles. The topological polar surface area (TPSA) is 116 Å². The van der Waals surface area contributed by atoms with Gasteiger partial charge in [-0.05, 0) is 61.4 Å². The second kappa shape index (κ2) is 8.49. The van der Waals surface area contributed by atoms with Crippen LogP contribution >= 0.6 is 7.82 Å². The van der Waals surface area contributed by atoms with Crippen LogP contribution in [-0.2, 0) is 4.57 Å². The van der Waals surface area contributed by atoms with Gasteiger partial charge in [0.25, 0.3) is 5.69 Å². The van der Waals surface area contributed by atoms with E-state index in [1.54, 1.807) is 12.1 Å². The lowest BCUT2D eigenvalue weighted by Gasteiger charge is -2.15. The highest BCUT2D eigenvalue weighted by Crippen LogP contribution is 2.44. The van der Waals surface area contributed by atoms with Crippen molar-refractivity contribution in [2.75, 3.05) is 0 Å². The van der Waals surface area contributed by atoms with E-state index in [0.717, 1.165) is 11.1 Å². The van der Waals surface area contributed by atoms with Gasteiger partial charge in [-0.25, -0.2) is 4.57 Å². The molecular formula is C21H18NO7P. The number of nitro groups is 1. The third-order valence-corrected chi connectivity index (χ3v) is 4.96. The Bertz CT molecular complexity index is 1140. The smallest absolute Gasteiger partial charge is 0.395 e. The van der Waals surface area contributed by atoms with E-state index in [1.807, 2.05) is 19.9 Å². The lowest BCUT2D eigenvalue weighted by molar-refractivity contribution is -0.384. The van der Waals surface area contributed by atoms with Crippen molar-refractivity contribution in [2.24, 2.45) is 0 Å². The zero-order valence-electron chi connectivity index (χ0n) is 16.1. The highest BCUT2D eigenvalue weighted by molar-refractivity contribution is 7.48. The zero-order chi connectivity index (χ0) is 21.9. The maximum absolute atomic E-state index is 12.5. The van der Waals surface area contributed by atoms with Crippen LogP contribution in [0.2, 0.25) is 0 Å². The van der Waals surface area contributed by atoms with E-state index in [9.17, 15) is 24.4 Å². The molecular weight excluding hydrogens is 409 g/mol. The van der Waals surface area contributed by atoms with Crippen LogP contribution in [0.25, 0.3) is 0 Å². The number of phosphoric ester groups is 1. The third kappa shape index (κ3) is 5.31. The van der Waals surface area contributed by atoms with E-state index >= 15 is 0 Å². The summed E-state index contributed by atoms with van der Waals surface area (Å²) in [6, 6.07) is 16.0. The van der Waals surface area contributed by atoms with Gasteiger partial charge in [-0.2, -0.15) is 0 Å². The third-order valence-electron chi connectivity index (χ3n) is 4.07. The molecule has 0 fully saturated rings. The van der Waals surface area contributed by atoms with Crippen LogP contribution in [0.5, 0.6) is 11.5 Å². The highest BCUT2D eigenvalue weighted by Gasteiger charge is 2.25. The second-order valence-electron chi connectivity index (χ2n) is 6.64. The first kappa shape index (κ1) is 21.2. The van der Waals surface area contributed by atoms with Crippen LogP contribution in [0.3, 0.4) is 0 Å². The summed E-state index contributed by atoms with van der Waals surface area (Å²) in [6.07, 6.45) is 0. The highest BCUT2D eigenvalue weighted by atomic mass is 31.2. The van der Waals surface area contributed by atoms with Crippen LogP contribution in [0.4, 0.5) is 5.69 Å². The Balaban J connectivity index is 1.73. The van der Waals surface area contributed by atoms with E-state index in [0.29, 0.717) is 0 Å². The first-order chi connectivity index (χ1) is 14.1. The van der Waals surface area contributed by atoms with Gasteiger partial charge in [0.2, 0.25) is 0 Å². The average Bonchev–Trinajstić information content (AvgIpc) is 2.66. The van der Waals surface area contributed by atoms with Gasteiger partial charge in [0.1, 0.15) is 11.5 Å². The molecule has 0 aliphatic rings. The summed E-state index contributed by atoms with van der Waals surface area (Å²) < 4.78 is 22.5. The molecule has 0 bridgehead atoms. The summed E-state index contributed by atoms with van der Waals surface area (Å²) in [5.41, 5.74) is 1.95. The average molecular weight is 427 g/mol. The van der Waals surface area contributed by atoms with Crippen molar-refractivity contribution >= 4 is 19.3 Å². The fourth-order valence-corrected chi connectivity index (χ4v) is 3.66. The fraction of sp³-hybridized carbons (Fsp3) is 0.0952. The normalized spacial score (nSPS) is 12.6. The minimum absolute atomic E-state index is 0.0285. The predicted octanol–water partition coefficient (Wildman–Crippen LogP) is 5.00. The molecule has 0 aromatic heterocycles. The number of rotatable bonds is 7. The molecule has 3 aromatic carbocycles. The van der Waals surface area contributed by atoms with Crippen molar-refractivity contribution < 1.29 is 28.2 Å². The maximum Gasteiger partial charge on any atom is 0.584 e. The Morgan fingerprint density at radius 1 is 0.900 bits per heavy atom. The number of benzene rings is 3. The van der Waals surface area contributed by atoms with Gasteiger partial charge >= 0.3 is 7.82 Å². The van der Waals surface area contributed by atoms with Gasteiger partial charge in [0.05, 0.1) is 4.92 Å². The Kier molecular flexibility index (Phi) is 6.01. The molecule has 1 unspecified atom stereocenters. The van der Waals surface area contributed by atoms with E-state index in [2.05, 4.69) is 0 Å². The molecule has 0 aliphatic carbocycles. The Morgan fingerprint density at radius 2 is 1.50 bits per heavy atom. The molecule has 0 radical (unpaired) electrons. The summed E-state index contributed by atoms with van der Waals surface area (Å²) in [5.74, 6) is -0.194. The number of carbonyl (C=O) groups excluding carboxylic acids is 1. The SMILES string of the molecule is Cc1cc(C)cc(OP(=O)(O)Oc2ccc(C(=O)c3cccc([N+](=O)[O-])c3)cc2)c1. The summed E-state index contributed by atoms with van der Waals surface area (Å²) in [4.78, 5) is 32.8. The van der Waals surface area contributed by atoms with E-state index in [1.165, 1.54) is 48.5 Å². The van der Waals surface area contributed by atoms with Gasteiger partial charge in [-0.1, -0.05) is 18.2 Å². The van der Waals surface area contributed by atoms with Crippen molar-refractivity contribution in [3.63, 3.8) is 0 Å². The fourth-order valence-electron chi connectivity index (χ4n) is 2.87. The van der Waals surface area contributed by atoms with Crippen LogP contribution in [0.15, 0.2) is 66.7 Å². The molecule has 30 heavy (non-hydrogen) atoms. The molecule has 9 heteroatoms. The number of nitrogens with zero attached hydrogens (tertiary/aromatic N) is 1. The predicted molar refractivity (Wildman–Crippen MR) is 110 cm³/mol. The monoisotopic (exact) mass is 427 g/mol. The van der Waals surface area contributed by atoms with Crippen LogP contribution in [0.1, 0.15) is 27.0 Å². The largest absolute Gasteiger partial charge is 0.584 e. The number of hydrogen-bond donors (Lipinski definition) is 1. The molecule has 154 valence electrons. The lowest BCUT2D eigenvalue weighted by Crippen LogP contribution is -2.03. The number of nitro benzene ring substituents is 1. The Hall–Kier alpha value is -3.48. The summed E-state index contributed by atoms with van der Waals surface area (Å²) >= 11 is 0. The van der Waals surface area contributed by atoms with Gasteiger partial charge in [-0.15, -0.1) is 0 Å². The zero-order valence-corrected chi connectivity index (χ0v) is 17.0. The number of phosphoric acid groups is 1. The first-order valence-electron chi connectivity index (χ1n) is 8.82. The van der Waals surface area contributed by atoms with E-state index in [4.69, 9.17) is 9.05 Å². The number of carbonyl (C=O) groups is 1. The standard InChI is InChI=1S/C21H18NO7P/c1-14-10-15(2)12-20(11-14)29-30(26,27)28-19-8-6-16(7-9-19)21(23)17-4-3-5-18(13-17)22(24)25/h3-13H,1-2H3,(H,26,27). The van der Waals surface area contributed by atoms with Gasteiger partial charge in [0, 0.05) is 23.3 Å². The second-order valence-corrected chi connectivity index (χ2v) is 7.94. The van der Waals surface area contributed by atoms with Crippen LogP contribution in [0, 0.1) is 24.0 Å². The minimum Gasteiger partial charge on any atom is -0.395 e. The maximum atomic E-state index is 12.5. The van der Waals surface area contributed by atoms with E-state index in [-0.39, 0.29) is 28.3 Å². The number of ketones is 1. The van der Waals surface area contributed by atoms with Crippen molar-refractivity contribution in [3.8, 4) is 11.5 Å². The number of hydrogen-bond acceptors (Lipinski definition) is 6. The van der Waals surface area contributed by atoms with Crippen molar-refractivity contribution in [1.29, 1.82) is 0 Å². The van der Waals surface area contributed by atoms with Gasteiger partial charge in [0.15, 0.2) is 5.78 Å². The molecule has 1 N–H and O–H groups in total. The quantitative estimate of drug-likeness (QED) is 0.244. The molecule has 0 saturated carbocycles. The van der Waals surface area contributed by atoms with Crippen LogP contribution in [-0.4, -0.2) is 15.6 Å². The van der Waals surface area contributed by atoms with E-state index < -0.39 is 18.5 Å². The molecule has 0 heterocycles. The minimum atomic E-state index is -4.45. The number of aryl methyl sites for hydroxylation is 2. The molecule has 0 spiro atoms. The van der Waals surface area contributed by atoms with Crippen LogP contribution < -0.4 is 9.05 Å². The van der Waals surface area contributed by atoms with Crippen molar-refractivity contribution in [2.45, 2.75) is 13.8 Å². The molecule has 8 nitrogen and oxygen atoms in total. The summed E-state index contributed by atoms with van der Waals surface area (Å²) in [6.45, 7) is 3.67. The Labute approximate surface area is 172 Å². The molecule has 0 aliphatic heterocycles. The summed E-state index contributed by atoms with van der Waals surface area (Å²) in [7, 11) is -4.45. The molecule has 3 rings (SSSR count).